The van der Waals surface area contributed by atoms with Gasteiger partial charge in [-0.15, -0.1) is 0 Å². The van der Waals surface area contributed by atoms with E-state index < -0.39 is 18.1 Å². The number of ether oxygens (including phenoxy) is 4. The molecule has 0 saturated carbocycles. The summed E-state index contributed by atoms with van der Waals surface area (Å²) >= 11 is 0. The van der Waals surface area contributed by atoms with Crippen LogP contribution in [0.4, 0.5) is 4.79 Å². The monoisotopic (exact) mass is 380 g/mol. The molecule has 7 nitrogen and oxygen atoms in total. The van der Waals surface area contributed by atoms with Gasteiger partial charge in [-0.1, -0.05) is 38.8 Å². The molecule has 2 rings (SSSR count). The van der Waals surface area contributed by atoms with E-state index in [1.54, 1.807) is 31.2 Å². The van der Waals surface area contributed by atoms with E-state index in [4.69, 9.17) is 9.47 Å². The van der Waals surface area contributed by atoms with E-state index in [9.17, 15) is 14.4 Å². The van der Waals surface area contributed by atoms with Crippen molar-refractivity contribution in [2.24, 2.45) is 0 Å². The van der Waals surface area contributed by atoms with Gasteiger partial charge in [0.25, 0.3) is 0 Å². The van der Waals surface area contributed by atoms with Crippen molar-refractivity contribution in [1.82, 2.24) is 0 Å². The average molecular weight is 380 g/mol. The number of hydrogen-bond donors (Lipinski definition) is 0. The number of benzene rings is 1. The van der Waals surface area contributed by atoms with Crippen LogP contribution in [0, 0.1) is 0 Å². The maximum atomic E-state index is 11.9. The molecule has 1 aliphatic heterocycles. The second-order valence-corrected chi connectivity index (χ2v) is 6.01. The summed E-state index contributed by atoms with van der Waals surface area (Å²) in [5.74, 6) is -0.942. The number of carbonyl (C=O) groups is 3. The Labute approximate surface area is 159 Å². The van der Waals surface area contributed by atoms with Crippen LogP contribution in [0.1, 0.15) is 67.2 Å². The Balaban J connectivity index is 0.000000433. The molecule has 1 aromatic rings. The third-order valence-corrected chi connectivity index (χ3v) is 3.56. The van der Waals surface area contributed by atoms with Gasteiger partial charge in [0.05, 0.1) is 24.3 Å². The standard InChI is InChI=1S/C16H22O4.C4H6O3/c1-3-5-11-19-15(17)13-9-7-8-10-14(13)16(18)20-12-6-4-2;1-3-2-6-4(5)7-3/h7-10H,3-6,11-12H2,1-2H3;3H,2H2,1H3. The molecule has 0 N–H and O–H groups in total. The Morgan fingerprint density at radius 3 is 1.78 bits per heavy atom. The first-order chi connectivity index (χ1) is 13.0. The lowest BCUT2D eigenvalue weighted by atomic mass is 10.1. The molecule has 1 fully saturated rings. The lowest BCUT2D eigenvalue weighted by Gasteiger charge is -2.09. The predicted octanol–water partition coefficient (Wildman–Crippen LogP) is 4.14. The number of hydrogen-bond acceptors (Lipinski definition) is 7. The minimum Gasteiger partial charge on any atom is -0.462 e. The van der Waals surface area contributed by atoms with E-state index in [1.165, 1.54) is 0 Å². The van der Waals surface area contributed by atoms with Crippen LogP contribution in [0.5, 0.6) is 0 Å². The normalized spacial score (nSPS) is 15.1. The van der Waals surface area contributed by atoms with Crippen molar-refractivity contribution >= 4 is 18.1 Å². The van der Waals surface area contributed by atoms with Crippen LogP contribution in [-0.4, -0.2) is 44.0 Å². The first kappa shape index (κ1) is 22.5. The van der Waals surface area contributed by atoms with Gasteiger partial charge in [0.2, 0.25) is 0 Å². The van der Waals surface area contributed by atoms with Crippen LogP contribution in [0.15, 0.2) is 24.3 Å². The molecule has 150 valence electrons. The highest BCUT2D eigenvalue weighted by molar-refractivity contribution is 6.03. The van der Waals surface area contributed by atoms with Crippen molar-refractivity contribution in [2.75, 3.05) is 19.8 Å². The smallest absolute Gasteiger partial charge is 0.462 e. The highest BCUT2D eigenvalue weighted by Gasteiger charge is 2.19. The number of esters is 2. The van der Waals surface area contributed by atoms with E-state index in [-0.39, 0.29) is 17.2 Å². The molecule has 0 bridgehead atoms. The minimum absolute atomic E-state index is 0.0486. The number of unbranched alkanes of at least 4 members (excludes halogenated alkanes) is 2. The van der Waals surface area contributed by atoms with Gasteiger partial charge in [-0.3, -0.25) is 0 Å². The highest BCUT2D eigenvalue weighted by atomic mass is 16.8. The summed E-state index contributed by atoms with van der Waals surface area (Å²) in [7, 11) is 0. The molecule has 1 atom stereocenters. The third-order valence-electron chi connectivity index (χ3n) is 3.56. The summed E-state index contributed by atoms with van der Waals surface area (Å²) in [4.78, 5) is 33.9. The quantitative estimate of drug-likeness (QED) is 0.380. The van der Waals surface area contributed by atoms with Crippen molar-refractivity contribution in [3.8, 4) is 0 Å². The molecule has 0 spiro atoms. The molecule has 1 saturated heterocycles. The Hall–Kier alpha value is -2.57. The van der Waals surface area contributed by atoms with E-state index >= 15 is 0 Å². The molecular formula is C20H28O7. The minimum atomic E-state index is -0.549. The molecule has 1 unspecified atom stereocenters. The van der Waals surface area contributed by atoms with Gasteiger partial charge < -0.3 is 18.9 Å². The zero-order valence-corrected chi connectivity index (χ0v) is 16.2. The van der Waals surface area contributed by atoms with Crippen LogP contribution in [0.3, 0.4) is 0 Å². The van der Waals surface area contributed by atoms with Crippen molar-refractivity contribution in [1.29, 1.82) is 0 Å². The van der Waals surface area contributed by atoms with Crippen LogP contribution in [0.2, 0.25) is 0 Å². The van der Waals surface area contributed by atoms with E-state index in [2.05, 4.69) is 9.47 Å². The van der Waals surface area contributed by atoms with E-state index in [0.29, 0.717) is 19.8 Å². The fourth-order valence-corrected chi connectivity index (χ4v) is 2.03. The van der Waals surface area contributed by atoms with Crippen molar-refractivity contribution < 1.29 is 33.3 Å². The number of rotatable bonds is 8. The van der Waals surface area contributed by atoms with Gasteiger partial charge >= 0.3 is 18.1 Å². The van der Waals surface area contributed by atoms with Gasteiger partial charge in [0.15, 0.2) is 0 Å². The molecule has 1 heterocycles. The maximum Gasteiger partial charge on any atom is 0.508 e. The Morgan fingerprint density at radius 1 is 1.00 bits per heavy atom. The Bertz CT molecular complexity index is 571. The lowest BCUT2D eigenvalue weighted by Crippen LogP contribution is -2.14. The van der Waals surface area contributed by atoms with Gasteiger partial charge in [-0.2, -0.15) is 0 Å². The van der Waals surface area contributed by atoms with Gasteiger partial charge in [0, 0.05) is 0 Å². The molecular weight excluding hydrogens is 352 g/mol. The zero-order valence-electron chi connectivity index (χ0n) is 16.2. The topological polar surface area (TPSA) is 88.1 Å². The van der Waals surface area contributed by atoms with Gasteiger partial charge in [-0.25, -0.2) is 14.4 Å². The van der Waals surface area contributed by atoms with E-state index in [1.807, 2.05) is 13.8 Å². The van der Waals surface area contributed by atoms with Crippen LogP contribution < -0.4 is 0 Å². The Morgan fingerprint density at radius 2 is 1.48 bits per heavy atom. The maximum absolute atomic E-state index is 11.9. The summed E-state index contributed by atoms with van der Waals surface area (Å²) in [6.07, 6.45) is 2.94. The average Bonchev–Trinajstić information content (AvgIpc) is 3.05. The van der Waals surface area contributed by atoms with Crippen LogP contribution >= 0.6 is 0 Å². The molecule has 7 heteroatoms. The molecule has 0 amide bonds. The second-order valence-electron chi connectivity index (χ2n) is 6.01. The largest absolute Gasteiger partial charge is 0.508 e. The fourth-order valence-electron chi connectivity index (χ4n) is 2.03. The summed E-state index contributed by atoms with van der Waals surface area (Å²) in [6, 6.07) is 6.59. The molecule has 0 radical (unpaired) electrons. The summed E-state index contributed by atoms with van der Waals surface area (Å²) in [5, 5.41) is 0. The van der Waals surface area contributed by atoms with Crippen molar-refractivity contribution in [3.63, 3.8) is 0 Å². The molecule has 0 aliphatic carbocycles. The van der Waals surface area contributed by atoms with Gasteiger partial charge in [-0.05, 0) is 31.9 Å². The zero-order chi connectivity index (χ0) is 20.1. The first-order valence-electron chi connectivity index (χ1n) is 9.26. The summed E-state index contributed by atoms with van der Waals surface area (Å²) in [5.41, 5.74) is 0.537. The molecule has 27 heavy (non-hydrogen) atoms. The molecule has 1 aromatic carbocycles. The second kappa shape index (κ2) is 12.7. The van der Waals surface area contributed by atoms with Crippen molar-refractivity contribution in [3.05, 3.63) is 35.4 Å². The van der Waals surface area contributed by atoms with Crippen molar-refractivity contribution in [2.45, 2.75) is 52.6 Å². The highest BCUT2D eigenvalue weighted by Crippen LogP contribution is 2.12. The number of carbonyl (C=O) groups excluding carboxylic acids is 3. The predicted molar refractivity (Wildman–Crippen MR) is 98.7 cm³/mol. The molecule has 0 aromatic heterocycles. The fraction of sp³-hybridized carbons (Fsp3) is 0.550. The first-order valence-corrected chi connectivity index (χ1v) is 9.26. The van der Waals surface area contributed by atoms with Crippen LogP contribution in [0.25, 0.3) is 0 Å². The number of cyclic esters (lactones) is 2. The van der Waals surface area contributed by atoms with Crippen LogP contribution in [-0.2, 0) is 18.9 Å². The van der Waals surface area contributed by atoms with Gasteiger partial charge in [0.1, 0.15) is 12.7 Å². The summed E-state index contributed by atoms with van der Waals surface area (Å²) in [6.45, 7) is 6.96. The van der Waals surface area contributed by atoms with E-state index in [0.717, 1.165) is 25.7 Å². The molecule has 1 aliphatic rings. The lowest BCUT2D eigenvalue weighted by molar-refractivity contribution is 0.0452. The Kier molecular flexibility index (Phi) is 10.6. The summed E-state index contributed by atoms with van der Waals surface area (Å²) < 4.78 is 19.2. The SMILES string of the molecule is CC1COC(=O)O1.CCCCOC(=O)c1ccccc1C(=O)OCCCC. The third kappa shape index (κ3) is 8.57.